The molecule has 1 aromatic rings. The first-order valence-corrected chi connectivity index (χ1v) is 6.67. The molecule has 0 atom stereocenters. The van der Waals surface area contributed by atoms with Gasteiger partial charge in [-0.3, -0.25) is 0 Å². The van der Waals surface area contributed by atoms with Gasteiger partial charge in [0.1, 0.15) is 17.9 Å². The van der Waals surface area contributed by atoms with Crippen LogP contribution < -0.4 is 14.2 Å². The zero-order valence-corrected chi connectivity index (χ0v) is 11.7. The lowest BCUT2D eigenvalue weighted by Gasteiger charge is -2.18. The smallest absolute Gasteiger partial charge is 0.339 e. The summed E-state index contributed by atoms with van der Waals surface area (Å²) >= 11 is 0. The minimum Gasteiger partial charge on any atom is -0.491 e. The summed E-state index contributed by atoms with van der Waals surface area (Å²) in [6, 6.07) is 3.02. The van der Waals surface area contributed by atoms with E-state index in [-0.39, 0.29) is 12.4 Å². The summed E-state index contributed by atoms with van der Waals surface area (Å²) in [6.45, 7) is 7.32. The number of ether oxygens (including phenoxy) is 3. The molecule has 0 radical (unpaired) electrons. The maximum Gasteiger partial charge on any atom is 0.339 e. The highest BCUT2D eigenvalue weighted by Gasteiger charge is 2.21. The molecule has 0 saturated heterocycles. The highest BCUT2D eigenvalue weighted by molar-refractivity contribution is 5.92. The number of carbonyl (C=O) groups is 1. The van der Waals surface area contributed by atoms with Crippen molar-refractivity contribution in [2.75, 3.05) is 33.0 Å². The van der Waals surface area contributed by atoms with Gasteiger partial charge in [0.05, 0.1) is 0 Å². The molecule has 1 aromatic carbocycles. The fourth-order valence-corrected chi connectivity index (χ4v) is 2.03. The van der Waals surface area contributed by atoms with Gasteiger partial charge >= 0.3 is 5.97 Å². The van der Waals surface area contributed by atoms with Crippen molar-refractivity contribution < 1.29 is 24.1 Å². The number of benzene rings is 1. The maximum absolute atomic E-state index is 11.2. The van der Waals surface area contributed by atoms with Crippen LogP contribution in [-0.4, -0.2) is 49.0 Å². The Labute approximate surface area is 117 Å². The van der Waals surface area contributed by atoms with Crippen LogP contribution in [0.1, 0.15) is 24.2 Å². The predicted molar refractivity (Wildman–Crippen MR) is 72.8 cm³/mol. The number of nitrogens with zero attached hydrogens (tertiary/aromatic N) is 1. The molecule has 0 spiro atoms. The third-order valence-electron chi connectivity index (χ3n) is 3.26. The summed E-state index contributed by atoms with van der Waals surface area (Å²) < 4.78 is 16.0. The number of rotatable bonds is 7. The normalized spacial score (nSPS) is 12.8. The van der Waals surface area contributed by atoms with Crippen molar-refractivity contribution >= 4 is 5.97 Å². The number of aromatic carboxylic acids is 1. The fraction of sp³-hybridized carbons (Fsp3) is 0.500. The van der Waals surface area contributed by atoms with Gasteiger partial charge in [-0.1, -0.05) is 13.8 Å². The molecule has 0 aromatic heterocycles. The highest BCUT2D eigenvalue weighted by atomic mass is 16.7. The summed E-state index contributed by atoms with van der Waals surface area (Å²) in [5, 5.41) is 9.21. The van der Waals surface area contributed by atoms with Crippen LogP contribution in [0.4, 0.5) is 0 Å². The Kier molecular flexibility index (Phi) is 4.68. The molecule has 0 fully saturated rings. The van der Waals surface area contributed by atoms with E-state index in [1.165, 1.54) is 6.07 Å². The highest BCUT2D eigenvalue weighted by Crippen LogP contribution is 2.38. The molecule has 0 bridgehead atoms. The van der Waals surface area contributed by atoms with Gasteiger partial charge in [-0.05, 0) is 13.1 Å². The quantitative estimate of drug-likeness (QED) is 0.822. The molecular weight excluding hydrogens is 262 g/mol. The van der Waals surface area contributed by atoms with Crippen molar-refractivity contribution in [3.63, 3.8) is 0 Å². The molecule has 0 amide bonds. The summed E-state index contributed by atoms with van der Waals surface area (Å²) in [5.41, 5.74) is 0.0915. The third kappa shape index (κ3) is 3.14. The Morgan fingerprint density at radius 3 is 2.55 bits per heavy atom. The van der Waals surface area contributed by atoms with E-state index in [1.807, 2.05) is 0 Å². The zero-order chi connectivity index (χ0) is 14.5. The number of fused-ring (bicyclic) bond motifs is 1. The SMILES string of the molecule is CCN(CC)CCOc1cc2c(cc1C(=O)O)OCO2. The Hall–Kier alpha value is -1.95. The fourth-order valence-electron chi connectivity index (χ4n) is 2.03. The molecule has 0 aliphatic carbocycles. The molecule has 110 valence electrons. The molecule has 6 heteroatoms. The van der Waals surface area contributed by atoms with E-state index >= 15 is 0 Å². The van der Waals surface area contributed by atoms with E-state index in [2.05, 4.69) is 18.7 Å². The van der Waals surface area contributed by atoms with Crippen molar-refractivity contribution in [3.05, 3.63) is 17.7 Å². The van der Waals surface area contributed by atoms with Gasteiger partial charge in [0.15, 0.2) is 11.5 Å². The van der Waals surface area contributed by atoms with Crippen LogP contribution in [0.25, 0.3) is 0 Å². The Bertz CT molecular complexity index is 485. The van der Waals surface area contributed by atoms with Crippen LogP contribution in [0, 0.1) is 0 Å². The lowest BCUT2D eigenvalue weighted by Crippen LogP contribution is -2.28. The van der Waals surface area contributed by atoms with Crippen LogP contribution in [-0.2, 0) is 0 Å². The van der Waals surface area contributed by atoms with Crippen LogP contribution in [0.3, 0.4) is 0 Å². The van der Waals surface area contributed by atoms with E-state index in [0.29, 0.717) is 23.9 Å². The maximum atomic E-state index is 11.2. The molecule has 6 nitrogen and oxygen atoms in total. The number of carboxylic acid groups (broad SMARTS) is 1. The van der Waals surface area contributed by atoms with Crippen LogP contribution in [0.5, 0.6) is 17.2 Å². The van der Waals surface area contributed by atoms with Crippen LogP contribution >= 0.6 is 0 Å². The zero-order valence-electron chi connectivity index (χ0n) is 11.7. The van der Waals surface area contributed by atoms with E-state index in [1.54, 1.807) is 6.07 Å². The van der Waals surface area contributed by atoms with Gasteiger partial charge < -0.3 is 24.2 Å². The number of hydrogen-bond acceptors (Lipinski definition) is 5. The van der Waals surface area contributed by atoms with Crippen LogP contribution in [0.15, 0.2) is 12.1 Å². The average molecular weight is 281 g/mol. The van der Waals surface area contributed by atoms with Gasteiger partial charge in [0.25, 0.3) is 0 Å². The first-order valence-electron chi connectivity index (χ1n) is 6.67. The number of carboxylic acids is 1. The van der Waals surface area contributed by atoms with E-state index < -0.39 is 5.97 Å². The van der Waals surface area contributed by atoms with Crippen molar-refractivity contribution in [1.82, 2.24) is 4.90 Å². The van der Waals surface area contributed by atoms with E-state index in [9.17, 15) is 9.90 Å². The third-order valence-corrected chi connectivity index (χ3v) is 3.26. The predicted octanol–water partition coefficient (Wildman–Crippen LogP) is 1.83. The minimum absolute atomic E-state index is 0.0915. The first kappa shape index (κ1) is 14.5. The largest absolute Gasteiger partial charge is 0.491 e. The van der Waals surface area contributed by atoms with Crippen LogP contribution in [0.2, 0.25) is 0 Å². The lowest BCUT2D eigenvalue weighted by molar-refractivity contribution is 0.0691. The molecule has 1 heterocycles. The van der Waals surface area contributed by atoms with Gasteiger partial charge in [-0.2, -0.15) is 0 Å². The second-order valence-electron chi connectivity index (χ2n) is 4.38. The molecular formula is C14H19NO5. The van der Waals surface area contributed by atoms with Gasteiger partial charge in [-0.25, -0.2) is 4.79 Å². The molecule has 0 unspecified atom stereocenters. The van der Waals surface area contributed by atoms with E-state index in [0.717, 1.165) is 19.6 Å². The topological polar surface area (TPSA) is 68.2 Å². The Morgan fingerprint density at radius 2 is 1.95 bits per heavy atom. The molecule has 0 saturated carbocycles. The van der Waals surface area contributed by atoms with E-state index in [4.69, 9.17) is 14.2 Å². The standard InChI is InChI=1S/C14H19NO5/c1-3-15(4-2)5-6-18-11-8-13-12(19-9-20-13)7-10(11)14(16)17/h7-8H,3-6,9H2,1-2H3,(H,16,17). The van der Waals surface area contributed by atoms with Gasteiger partial charge in [-0.15, -0.1) is 0 Å². The molecule has 20 heavy (non-hydrogen) atoms. The number of likely N-dealkylation sites (N-methyl/N-ethyl adjacent to an activating group) is 1. The first-order chi connectivity index (χ1) is 9.65. The minimum atomic E-state index is -1.04. The number of hydrogen-bond donors (Lipinski definition) is 1. The summed E-state index contributed by atoms with van der Waals surface area (Å²) in [6.07, 6.45) is 0. The molecule has 1 aliphatic heterocycles. The Morgan fingerprint density at radius 1 is 1.30 bits per heavy atom. The van der Waals surface area contributed by atoms with Crippen molar-refractivity contribution in [3.8, 4) is 17.2 Å². The van der Waals surface area contributed by atoms with Gasteiger partial charge in [0.2, 0.25) is 6.79 Å². The molecule has 1 N–H and O–H groups in total. The van der Waals surface area contributed by atoms with Crippen molar-refractivity contribution in [2.45, 2.75) is 13.8 Å². The molecule has 1 aliphatic rings. The summed E-state index contributed by atoms with van der Waals surface area (Å²) in [7, 11) is 0. The Balaban J connectivity index is 2.08. The van der Waals surface area contributed by atoms with Crippen molar-refractivity contribution in [2.24, 2.45) is 0 Å². The lowest BCUT2D eigenvalue weighted by atomic mass is 10.2. The second kappa shape index (κ2) is 6.47. The summed E-state index contributed by atoms with van der Waals surface area (Å²) in [4.78, 5) is 13.4. The van der Waals surface area contributed by atoms with Gasteiger partial charge in [0, 0.05) is 18.7 Å². The van der Waals surface area contributed by atoms with Crippen molar-refractivity contribution in [1.29, 1.82) is 0 Å². The summed E-state index contributed by atoms with van der Waals surface area (Å²) in [5.74, 6) is 0.237. The molecule has 2 rings (SSSR count). The monoisotopic (exact) mass is 281 g/mol. The second-order valence-corrected chi connectivity index (χ2v) is 4.38. The average Bonchev–Trinajstić information content (AvgIpc) is 2.89.